The molecule has 3 aromatic heterocycles. The van der Waals surface area contributed by atoms with Gasteiger partial charge >= 0.3 is 0 Å². The van der Waals surface area contributed by atoms with Crippen molar-refractivity contribution in [2.45, 2.75) is 12.3 Å². The fourth-order valence-corrected chi connectivity index (χ4v) is 8.89. The molecule has 0 aliphatic carbocycles. The molecule has 11 aromatic rings. The number of fused-ring (bicyclic) bond motifs is 9. The minimum Gasteiger partial charge on any atom is -0.456 e. The number of rotatable bonds is 5. The van der Waals surface area contributed by atoms with Gasteiger partial charge in [-0.05, 0) is 35.4 Å². The zero-order valence-corrected chi connectivity index (χ0v) is 30.7. The quantitative estimate of drug-likeness (QED) is 0.185. The molecule has 4 heterocycles. The van der Waals surface area contributed by atoms with E-state index >= 15 is 0 Å². The van der Waals surface area contributed by atoms with Gasteiger partial charge in [-0.2, -0.15) is 0 Å². The Balaban J connectivity index is 1.11. The molecule has 2 atom stereocenters. The SMILES string of the molecule is c1ccc(C2=NC(c3ccc4c(oc5c(-n6c7ccccc7c7cc8c(cc76)oc6ccccc68)cccc54)c3-c3ccccc3)NC(c3ccccc3)N2)cc1. The van der Waals surface area contributed by atoms with Gasteiger partial charge in [-0.25, -0.2) is 4.99 Å². The Morgan fingerprint density at radius 1 is 0.474 bits per heavy atom. The van der Waals surface area contributed by atoms with Gasteiger partial charge in [0, 0.05) is 55.1 Å². The molecule has 0 bridgehead atoms. The Hall–Kier alpha value is -7.41. The summed E-state index contributed by atoms with van der Waals surface area (Å²) in [5.41, 5.74) is 11.8. The van der Waals surface area contributed by atoms with Crippen LogP contribution in [0.4, 0.5) is 0 Å². The van der Waals surface area contributed by atoms with Gasteiger partial charge in [-0.15, -0.1) is 0 Å². The van der Waals surface area contributed by atoms with Crippen LogP contribution in [0.2, 0.25) is 0 Å². The van der Waals surface area contributed by atoms with Crippen LogP contribution in [0.5, 0.6) is 0 Å². The van der Waals surface area contributed by atoms with E-state index in [4.69, 9.17) is 13.8 Å². The zero-order valence-electron chi connectivity index (χ0n) is 30.7. The lowest BCUT2D eigenvalue weighted by Crippen LogP contribution is -2.45. The highest BCUT2D eigenvalue weighted by Crippen LogP contribution is 2.45. The largest absolute Gasteiger partial charge is 0.456 e. The van der Waals surface area contributed by atoms with E-state index in [2.05, 4.69) is 173 Å². The summed E-state index contributed by atoms with van der Waals surface area (Å²) in [5.74, 6) is 0.837. The number of aromatic nitrogens is 1. The van der Waals surface area contributed by atoms with E-state index in [9.17, 15) is 0 Å². The van der Waals surface area contributed by atoms with Crippen molar-refractivity contribution in [3.63, 3.8) is 0 Å². The zero-order chi connectivity index (χ0) is 37.5. The topological polar surface area (TPSA) is 67.6 Å². The summed E-state index contributed by atoms with van der Waals surface area (Å²) in [6, 6.07) is 63.6. The van der Waals surface area contributed by atoms with Crippen LogP contribution in [0.3, 0.4) is 0 Å². The van der Waals surface area contributed by atoms with Crippen molar-refractivity contribution in [1.82, 2.24) is 15.2 Å². The molecule has 1 aliphatic rings. The van der Waals surface area contributed by atoms with Crippen molar-refractivity contribution < 1.29 is 8.83 Å². The standard InChI is InChI=1S/C51H34N4O2/c1-4-15-31(16-5-1)46-38(51-53-49(32-17-6-2-7-18-32)52-50(54-51)33-19-8-3-9-20-33)28-27-37-36-23-14-25-42(47(36)57-48(37)46)55-41-24-12-10-21-34(41)39-29-40-35-22-11-13-26-44(35)56-45(40)30-43(39)55/h1-30,49,51,53H,(H,52,54). The first-order valence-corrected chi connectivity index (χ1v) is 19.4. The number of hydrogen-bond acceptors (Lipinski definition) is 5. The summed E-state index contributed by atoms with van der Waals surface area (Å²) in [7, 11) is 0. The van der Waals surface area contributed by atoms with Crippen LogP contribution >= 0.6 is 0 Å². The third kappa shape index (κ3) is 4.98. The maximum absolute atomic E-state index is 7.24. The summed E-state index contributed by atoms with van der Waals surface area (Å²) in [6.45, 7) is 0. The fourth-order valence-electron chi connectivity index (χ4n) is 8.89. The Kier molecular flexibility index (Phi) is 7.03. The van der Waals surface area contributed by atoms with Crippen molar-refractivity contribution in [3.8, 4) is 16.8 Å². The molecule has 6 nitrogen and oxygen atoms in total. The van der Waals surface area contributed by atoms with Gasteiger partial charge in [-0.3, -0.25) is 5.32 Å². The van der Waals surface area contributed by atoms with E-state index in [1.807, 2.05) is 24.3 Å². The second kappa shape index (κ2) is 12.6. The maximum Gasteiger partial charge on any atom is 0.159 e. The van der Waals surface area contributed by atoms with Gasteiger partial charge < -0.3 is 18.7 Å². The van der Waals surface area contributed by atoms with Crippen LogP contribution in [-0.4, -0.2) is 10.4 Å². The molecular formula is C51H34N4O2. The fraction of sp³-hybridized carbons (Fsp3) is 0.0392. The summed E-state index contributed by atoms with van der Waals surface area (Å²) in [6.07, 6.45) is -0.540. The van der Waals surface area contributed by atoms with E-state index in [1.165, 1.54) is 10.8 Å². The molecule has 0 fully saturated rings. The number of nitrogens with one attached hydrogen (secondary N) is 2. The van der Waals surface area contributed by atoms with Crippen molar-refractivity contribution in [1.29, 1.82) is 0 Å². The van der Waals surface area contributed by atoms with Crippen LogP contribution in [0.1, 0.15) is 29.0 Å². The number of benzene rings is 8. The Bertz CT molecular complexity index is 3360. The normalized spacial score (nSPS) is 15.9. The van der Waals surface area contributed by atoms with Crippen molar-refractivity contribution >= 4 is 71.5 Å². The van der Waals surface area contributed by atoms with E-state index < -0.39 is 0 Å². The number of furan rings is 2. The highest BCUT2D eigenvalue weighted by atomic mass is 16.3. The van der Waals surface area contributed by atoms with Crippen LogP contribution in [0.25, 0.3) is 82.5 Å². The van der Waals surface area contributed by atoms with Gasteiger partial charge in [0.1, 0.15) is 34.9 Å². The van der Waals surface area contributed by atoms with Crippen molar-refractivity contribution in [2.24, 2.45) is 4.99 Å². The summed E-state index contributed by atoms with van der Waals surface area (Å²) < 4.78 is 16.0. The molecule has 1 aliphatic heterocycles. The summed E-state index contributed by atoms with van der Waals surface area (Å²) in [4.78, 5) is 5.35. The highest BCUT2D eigenvalue weighted by Gasteiger charge is 2.29. The molecule has 270 valence electrons. The first-order chi connectivity index (χ1) is 28.3. The lowest BCUT2D eigenvalue weighted by atomic mass is 9.94. The summed E-state index contributed by atoms with van der Waals surface area (Å²) in [5, 5.41) is 14.2. The maximum atomic E-state index is 7.24. The molecule has 6 heteroatoms. The molecule has 2 N–H and O–H groups in total. The lowest BCUT2D eigenvalue weighted by Gasteiger charge is -2.33. The molecule has 0 amide bonds. The third-order valence-electron chi connectivity index (χ3n) is 11.5. The van der Waals surface area contributed by atoms with E-state index in [0.29, 0.717) is 0 Å². The van der Waals surface area contributed by atoms with Crippen LogP contribution in [-0.2, 0) is 0 Å². The Labute approximate surface area is 327 Å². The number of para-hydroxylation sites is 3. The highest BCUT2D eigenvalue weighted by molar-refractivity contribution is 6.19. The van der Waals surface area contributed by atoms with Crippen LogP contribution < -0.4 is 10.6 Å². The number of amidine groups is 1. The van der Waals surface area contributed by atoms with Gasteiger partial charge in [0.05, 0.1) is 16.7 Å². The molecule has 8 aromatic carbocycles. The first kappa shape index (κ1) is 31.9. The van der Waals surface area contributed by atoms with Gasteiger partial charge in [0.25, 0.3) is 0 Å². The molecule has 12 rings (SSSR count). The third-order valence-corrected chi connectivity index (χ3v) is 11.5. The van der Waals surface area contributed by atoms with E-state index in [0.717, 1.165) is 94.3 Å². The Morgan fingerprint density at radius 2 is 1.16 bits per heavy atom. The van der Waals surface area contributed by atoms with Crippen molar-refractivity contribution in [2.75, 3.05) is 0 Å². The minimum absolute atomic E-state index is 0.168. The Morgan fingerprint density at radius 3 is 1.98 bits per heavy atom. The van der Waals surface area contributed by atoms with E-state index in [1.54, 1.807) is 0 Å². The van der Waals surface area contributed by atoms with Crippen LogP contribution in [0, 0.1) is 0 Å². The average Bonchev–Trinajstić information content (AvgIpc) is 3.95. The molecule has 0 radical (unpaired) electrons. The molecule has 57 heavy (non-hydrogen) atoms. The average molecular weight is 735 g/mol. The molecular weight excluding hydrogens is 701 g/mol. The second-order valence-electron chi connectivity index (χ2n) is 14.7. The van der Waals surface area contributed by atoms with Gasteiger partial charge in [0.2, 0.25) is 0 Å². The van der Waals surface area contributed by atoms with E-state index in [-0.39, 0.29) is 12.3 Å². The monoisotopic (exact) mass is 734 g/mol. The minimum atomic E-state index is -0.373. The molecule has 2 unspecified atom stereocenters. The second-order valence-corrected chi connectivity index (χ2v) is 14.7. The lowest BCUT2D eigenvalue weighted by molar-refractivity contribution is 0.409. The van der Waals surface area contributed by atoms with Gasteiger partial charge in [-0.1, -0.05) is 152 Å². The number of hydrogen-bond donors (Lipinski definition) is 2. The molecule has 0 saturated carbocycles. The van der Waals surface area contributed by atoms with Gasteiger partial charge in [0.15, 0.2) is 5.58 Å². The summed E-state index contributed by atoms with van der Waals surface area (Å²) >= 11 is 0. The van der Waals surface area contributed by atoms with Crippen LogP contribution in [0.15, 0.2) is 196 Å². The first-order valence-electron chi connectivity index (χ1n) is 19.4. The number of nitrogens with zero attached hydrogens (tertiary/aromatic N) is 2. The molecule has 0 saturated heterocycles. The molecule has 0 spiro atoms. The predicted octanol–water partition coefficient (Wildman–Crippen LogP) is 12.6. The smallest absolute Gasteiger partial charge is 0.159 e. The predicted molar refractivity (Wildman–Crippen MR) is 232 cm³/mol. The number of aliphatic imine (C=N–C) groups is 1. The van der Waals surface area contributed by atoms with Crippen molar-refractivity contribution in [3.05, 3.63) is 199 Å².